The third-order valence-electron chi connectivity index (χ3n) is 7.25. The third kappa shape index (κ3) is 1.84. The Bertz CT molecular complexity index is 387. The number of hydrogen-bond donors (Lipinski definition) is 1. The van der Waals surface area contributed by atoms with Crippen molar-refractivity contribution in [2.24, 2.45) is 35.0 Å². The minimum atomic E-state index is 0.0137. The predicted molar refractivity (Wildman–Crippen MR) is 77.6 cm³/mol. The molecule has 0 aliphatic heterocycles. The molecule has 0 spiro atoms. The first-order valence-electron chi connectivity index (χ1n) is 8.53. The SMILES string of the molecule is C[C@@]12C=CC[C@H]1[C@@H]1CCC3CC(O)CC[C@@H]3[C@H]1CC2. The van der Waals surface area contributed by atoms with Crippen LogP contribution in [0.2, 0.25) is 0 Å². The van der Waals surface area contributed by atoms with Gasteiger partial charge in [0.2, 0.25) is 0 Å². The van der Waals surface area contributed by atoms with Crippen molar-refractivity contribution in [1.82, 2.24) is 0 Å². The minimum Gasteiger partial charge on any atom is -0.393 e. The van der Waals surface area contributed by atoms with Gasteiger partial charge in [0.05, 0.1) is 6.10 Å². The molecule has 0 aromatic rings. The van der Waals surface area contributed by atoms with Crippen LogP contribution in [0, 0.1) is 35.0 Å². The van der Waals surface area contributed by atoms with E-state index in [0.29, 0.717) is 5.41 Å². The summed E-state index contributed by atoms with van der Waals surface area (Å²) in [4.78, 5) is 0. The zero-order valence-corrected chi connectivity index (χ0v) is 12.2. The summed E-state index contributed by atoms with van der Waals surface area (Å²) in [6, 6.07) is 0. The van der Waals surface area contributed by atoms with Crippen molar-refractivity contribution in [3.05, 3.63) is 12.2 Å². The Labute approximate surface area is 117 Å². The van der Waals surface area contributed by atoms with E-state index in [1.54, 1.807) is 0 Å². The summed E-state index contributed by atoms with van der Waals surface area (Å²) >= 11 is 0. The van der Waals surface area contributed by atoms with Gasteiger partial charge in [0, 0.05) is 0 Å². The maximum Gasteiger partial charge on any atom is 0.0543 e. The maximum absolute atomic E-state index is 9.93. The highest BCUT2D eigenvalue weighted by Gasteiger charge is 2.52. The Balaban J connectivity index is 1.57. The predicted octanol–water partition coefficient (Wildman–Crippen LogP) is 4.17. The largest absolute Gasteiger partial charge is 0.393 e. The number of aliphatic hydroxyl groups excluding tert-OH is 1. The molecule has 3 fully saturated rings. The van der Waals surface area contributed by atoms with Crippen molar-refractivity contribution >= 4 is 0 Å². The molecule has 4 rings (SSSR count). The first-order chi connectivity index (χ1) is 9.17. The maximum atomic E-state index is 9.93. The van der Waals surface area contributed by atoms with Crippen molar-refractivity contribution in [3.8, 4) is 0 Å². The Kier molecular flexibility index (Phi) is 2.85. The van der Waals surface area contributed by atoms with Gasteiger partial charge < -0.3 is 5.11 Å². The molecule has 0 aromatic heterocycles. The molecule has 2 unspecified atom stereocenters. The van der Waals surface area contributed by atoms with Gasteiger partial charge in [-0.1, -0.05) is 19.1 Å². The van der Waals surface area contributed by atoms with Crippen LogP contribution in [0.15, 0.2) is 12.2 Å². The molecular formula is C18H28O. The van der Waals surface area contributed by atoms with Crippen molar-refractivity contribution in [3.63, 3.8) is 0 Å². The number of allylic oxidation sites excluding steroid dienone is 2. The van der Waals surface area contributed by atoms with Crippen LogP contribution in [-0.2, 0) is 0 Å². The lowest BCUT2D eigenvalue weighted by molar-refractivity contribution is -0.0607. The Morgan fingerprint density at radius 1 is 1.00 bits per heavy atom. The summed E-state index contributed by atoms with van der Waals surface area (Å²) in [5.74, 6) is 4.73. The molecule has 4 aliphatic carbocycles. The fourth-order valence-electron chi connectivity index (χ4n) is 6.31. The van der Waals surface area contributed by atoms with Gasteiger partial charge in [-0.05, 0) is 86.4 Å². The van der Waals surface area contributed by atoms with Gasteiger partial charge in [0.25, 0.3) is 0 Å². The second-order valence-electron chi connectivity index (χ2n) is 8.08. The highest BCUT2D eigenvalue weighted by atomic mass is 16.3. The number of hydrogen-bond acceptors (Lipinski definition) is 1. The molecule has 7 atom stereocenters. The topological polar surface area (TPSA) is 20.2 Å². The lowest BCUT2D eigenvalue weighted by atomic mass is 9.50. The molecule has 1 nitrogen and oxygen atoms in total. The van der Waals surface area contributed by atoms with Crippen LogP contribution in [0.4, 0.5) is 0 Å². The number of fused-ring (bicyclic) bond motifs is 5. The van der Waals surface area contributed by atoms with Crippen LogP contribution in [0.5, 0.6) is 0 Å². The molecule has 0 radical (unpaired) electrons. The van der Waals surface area contributed by atoms with Crippen LogP contribution in [-0.4, -0.2) is 11.2 Å². The summed E-state index contributed by atoms with van der Waals surface area (Å²) in [5, 5.41) is 9.93. The van der Waals surface area contributed by atoms with Crippen molar-refractivity contribution in [2.75, 3.05) is 0 Å². The summed E-state index contributed by atoms with van der Waals surface area (Å²) in [6.45, 7) is 2.51. The normalized spacial score (nSPS) is 56.3. The average molecular weight is 260 g/mol. The quantitative estimate of drug-likeness (QED) is 0.648. The number of rotatable bonds is 0. The van der Waals surface area contributed by atoms with Gasteiger partial charge in [-0.15, -0.1) is 0 Å². The van der Waals surface area contributed by atoms with E-state index < -0.39 is 0 Å². The highest BCUT2D eigenvalue weighted by Crippen LogP contribution is 2.60. The van der Waals surface area contributed by atoms with Gasteiger partial charge >= 0.3 is 0 Å². The Hall–Kier alpha value is -0.300. The second kappa shape index (κ2) is 4.35. The summed E-state index contributed by atoms with van der Waals surface area (Å²) in [5.41, 5.74) is 0.530. The van der Waals surface area contributed by atoms with Crippen LogP contribution < -0.4 is 0 Å². The van der Waals surface area contributed by atoms with Gasteiger partial charge in [0.1, 0.15) is 0 Å². The van der Waals surface area contributed by atoms with Crippen molar-refractivity contribution < 1.29 is 5.11 Å². The fraction of sp³-hybridized carbons (Fsp3) is 0.889. The lowest BCUT2D eigenvalue weighted by Gasteiger charge is -2.55. The molecule has 3 saturated carbocycles. The van der Waals surface area contributed by atoms with Gasteiger partial charge in [0.15, 0.2) is 0 Å². The summed E-state index contributed by atoms with van der Waals surface area (Å²) in [7, 11) is 0. The van der Waals surface area contributed by atoms with Gasteiger partial charge in [-0.3, -0.25) is 0 Å². The van der Waals surface area contributed by atoms with E-state index in [-0.39, 0.29) is 6.10 Å². The molecule has 0 heterocycles. The smallest absolute Gasteiger partial charge is 0.0543 e. The molecule has 106 valence electrons. The second-order valence-corrected chi connectivity index (χ2v) is 8.08. The van der Waals surface area contributed by atoms with Crippen LogP contribution in [0.1, 0.15) is 58.3 Å². The number of aliphatic hydroxyl groups is 1. The minimum absolute atomic E-state index is 0.0137. The molecule has 19 heavy (non-hydrogen) atoms. The lowest BCUT2D eigenvalue weighted by Crippen LogP contribution is -2.47. The first-order valence-corrected chi connectivity index (χ1v) is 8.53. The van der Waals surface area contributed by atoms with E-state index in [1.807, 2.05) is 0 Å². The average Bonchev–Trinajstić information content (AvgIpc) is 2.79. The van der Waals surface area contributed by atoms with Crippen LogP contribution in [0.3, 0.4) is 0 Å². The first kappa shape index (κ1) is 12.4. The van der Waals surface area contributed by atoms with Crippen LogP contribution in [0.25, 0.3) is 0 Å². The van der Waals surface area contributed by atoms with E-state index in [9.17, 15) is 5.11 Å². The molecule has 0 amide bonds. The Morgan fingerprint density at radius 3 is 2.74 bits per heavy atom. The monoisotopic (exact) mass is 260 g/mol. The van der Waals surface area contributed by atoms with E-state index >= 15 is 0 Å². The Morgan fingerprint density at radius 2 is 1.84 bits per heavy atom. The standard InChI is InChI=1S/C18H28O/c1-18-9-2-3-17(18)16-6-4-12-11-13(19)5-7-14(12)15(16)8-10-18/h2,9,12-17,19H,3-8,10-11H2,1H3/t12?,13?,14-,15+,16+,17-,18-/m0/s1. The van der Waals surface area contributed by atoms with E-state index in [2.05, 4.69) is 19.1 Å². The van der Waals surface area contributed by atoms with E-state index in [0.717, 1.165) is 42.4 Å². The molecule has 1 heteroatoms. The summed E-state index contributed by atoms with van der Waals surface area (Å²) < 4.78 is 0. The van der Waals surface area contributed by atoms with E-state index in [1.165, 1.54) is 38.5 Å². The molecule has 1 N–H and O–H groups in total. The van der Waals surface area contributed by atoms with Gasteiger partial charge in [-0.2, -0.15) is 0 Å². The molecule has 0 saturated heterocycles. The third-order valence-corrected chi connectivity index (χ3v) is 7.25. The highest BCUT2D eigenvalue weighted by molar-refractivity contribution is 5.14. The van der Waals surface area contributed by atoms with E-state index in [4.69, 9.17) is 0 Å². The van der Waals surface area contributed by atoms with Crippen LogP contribution >= 0.6 is 0 Å². The molecule has 4 aliphatic rings. The van der Waals surface area contributed by atoms with Crippen molar-refractivity contribution in [1.29, 1.82) is 0 Å². The molecule has 0 bridgehead atoms. The molecule has 0 aromatic carbocycles. The molecular weight excluding hydrogens is 232 g/mol. The zero-order chi connectivity index (χ0) is 13.0. The zero-order valence-electron chi connectivity index (χ0n) is 12.2. The van der Waals surface area contributed by atoms with Gasteiger partial charge in [-0.25, -0.2) is 0 Å². The van der Waals surface area contributed by atoms with Crippen molar-refractivity contribution in [2.45, 2.75) is 64.4 Å². The fourth-order valence-corrected chi connectivity index (χ4v) is 6.31. The summed E-state index contributed by atoms with van der Waals surface area (Å²) in [6.07, 6.45) is 15.6.